The lowest BCUT2D eigenvalue weighted by atomic mass is 9.40. The molecule has 4 aliphatic carbocycles. The summed E-state index contributed by atoms with van der Waals surface area (Å²) in [6.07, 6.45) is -7.84. The molecule has 17 nitrogen and oxygen atoms in total. The minimum absolute atomic E-state index is 0.0171. The molecule has 7 N–H and O–H groups in total. The van der Waals surface area contributed by atoms with Crippen molar-refractivity contribution >= 4 is 16.4 Å². The Morgan fingerprint density at radius 3 is 2.20 bits per heavy atom. The molecule has 1 unspecified atom stereocenters. The molecule has 18 atom stereocenters. The molecule has 4 heterocycles. The summed E-state index contributed by atoms with van der Waals surface area (Å²) in [5, 5.41) is 65.6. The number of ether oxygens (including phenoxy) is 6. The average molecular weight is 861 g/mol. The van der Waals surface area contributed by atoms with Crippen LogP contribution < -0.4 is 0 Å². The second kappa shape index (κ2) is 14.3. The van der Waals surface area contributed by atoms with E-state index in [0.29, 0.717) is 38.5 Å². The van der Waals surface area contributed by atoms with Crippen LogP contribution in [-0.4, -0.2) is 147 Å². The molecule has 0 aromatic rings. The van der Waals surface area contributed by atoms with E-state index in [9.17, 15) is 48.4 Å². The summed E-state index contributed by atoms with van der Waals surface area (Å²) >= 11 is 0. The van der Waals surface area contributed by atoms with E-state index in [1.807, 2.05) is 20.8 Å². The molecular formula is C41H64O17S. The zero-order chi connectivity index (χ0) is 43.1. The monoisotopic (exact) mass is 860 g/mol. The molecule has 336 valence electrons. The second-order valence-electron chi connectivity index (χ2n) is 20.6. The number of carbonyl (C=O) groups excluding carboxylic acids is 1. The number of esters is 1. The van der Waals surface area contributed by atoms with Gasteiger partial charge in [0.2, 0.25) is 0 Å². The number of rotatable bonds is 8. The van der Waals surface area contributed by atoms with Gasteiger partial charge in [0.1, 0.15) is 59.8 Å². The summed E-state index contributed by atoms with van der Waals surface area (Å²) in [6.45, 7) is 13.3. The predicted octanol–water partition coefficient (Wildman–Crippen LogP) is 1.44. The summed E-state index contributed by atoms with van der Waals surface area (Å²) in [7, 11) is -5.06. The van der Waals surface area contributed by atoms with E-state index in [-0.39, 0.29) is 28.8 Å². The first-order valence-electron chi connectivity index (χ1n) is 21.2. The van der Waals surface area contributed by atoms with E-state index in [0.717, 1.165) is 19.3 Å². The summed E-state index contributed by atoms with van der Waals surface area (Å²) in [5.41, 5.74) is -4.22. The summed E-state index contributed by atoms with van der Waals surface area (Å²) in [5.74, 6) is -0.253. The lowest BCUT2D eigenvalue weighted by Gasteiger charge is -2.64. The van der Waals surface area contributed by atoms with E-state index in [1.54, 1.807) is 0 Å². The Morgan fingerprint density at radius 1 is 0.847 bits per heavy atom. The Labute approximate surface area is 345 Å². The van der Waals surface area contributed by atoms with Crippen LogP contribution in [0.2, 0.25) is 0 Å². The van der Waals surface area contributed by atoms with E-state index in [2.05, 4.69) is 38.0 Å². The third-order valence-electron chi connectivity index (χ3n) is 16.9. The molecule has 59 heavy (non-hydrogen) atoms. The maximum Gasteiger partial charge on any atom is 0.397 e. The van der Waals surface area contributed by atoms with Gasteiger partial charge in [0, 0.05) is 0 Å². The van der Waals surface area contributed by atoms with Crippen LogP contribution in [0.25, 0.3) is 0 Å². The number of fused-ring (bicyclic) bond motifs is 4. The van der Waals surface area contributed by atoms with E-state index in [4.69, 9.17) is 28.4 Å². The standard InChI is InChI=1S/C41H64O17S/c1-35(2)13-11-26(56-35)39(7)41(48)17-16-38(6)21-8-9-24-36(3,4)25(12-14-37(24,5)20(21)10-15-40(38,41)34(47)57-39)54-33-31(28(44)23(19-52-33)58-59(49,50)51)55-32-30(46)29(45)27(43)22(18-42)53-32/h10,21-33,42-46,48H,8-9,11-19H2,1-7H3,(H,49,50,51)/t21-,22-,23-,24+,25+,26?,27-,28+,29+,30-,31-,32+,33+,37-,38+,39+,40-,41+/m1/s1. The van der Waals surface area contributed by atoms with Gasteiger partial charge in [-0.1, -0.05) is 39.3 Å². The highest BCUT2D eigenvalue weighted by Gasteiger charge is 2.84. The van der Waals surface area contributed by atoms with E-state index in [1.165, 1.54) is 5.57 Å². The van der Waals surface area contributed by atoms with Gasteiger partial charge < -0.3 is 59.1 Å². The van der Waals surface area contributed by atoms with Crippen LogP contribution in [0.4, 0.5) is 0 Å². The molecule has 7 fully saturated rings. The van der Waals surface area contributed by atoms with Crippen molar-refractivity contribution in [1.29, 1.82) is 0 Å². The molecule has 0 bridgehead atoms. The van der Waals surface area contributed by atoms with Crippen molar-refractivity contribution in [2.45, 2.75) is 191 Å². The molecular weight excluding hydrogens is 797 g/mol. The minimum Gasteiger partial charge on any atom is -0.453 e. The zero-order valence-electron chi connectivity index (χ0n) is 35.0. The molecule has 4 aliphatic heterocycles. The molecule has 4 saturated heterocycles. The first kappa shape index (κ1) is 44.3. The molecule has 3 saturated carbocycles. The van der Waals surface area contributed by atoms with Crippen molar-refractivity contribution in [3.63, 3.8) is 0 Å². The molecule has 0 amide bonds. The van der Waals surface area contributed by atoms with Crippen LogP contribution in [0.15, 0.2) is 11.6 Å². The molecule has 18 heteroatoms. The van der Waals surface area contributed by atoms with Crippen LogP contribution in [0.1, 0.15) is 106 Å². The van der Waals surface area contributed by atoms with E-state index < -0.39 is 119 Å². The third kappa shape index (κ3) is 6.31. The molecule has 1 spiro atoms. The van der Waals surface area contributed by atoms with Gasteiger partial charge in [-0.15, -0.1) is 0 Å². The number of carbonyl (C=O) groups is 1. The smallest absolute Gasteiger partial charge is 0.397 e. The largest absolute Gasteiger partial charge is 0.453 e. The fourth-order valence-electron chi connectivity index (χ4n) is 13.7. The fraction of sp³-hybridized carbons (Fsp3) is 0.927. The van der Waals surface area contributed by atoms with Crippen LogP contribution >= 0.6 is 0 Å². The summed E-state index contributed by atoms with van der Waals surface area (Å²) in [6, 6.07) is 0. The molecule has 8 aliphatic rings. The highest BCUT2D eigenvalue weighted by Crippen LogP contribution is 2.77. The van der Waals surface area contributed by atoms with Crippen LogP contribution in [-0.2, 0) is 47.8 Å². The molecule has 0 aromatic heterocycles. The third-order valence-corrected chi connectivity index (χ3v) is 17.4. The molecule has 0 radical (unpaired) electrons. The van der Waals surface area contributed by atoms with Gasteiger partial charge in [-0.3, -0.25) is 9.35 Å². The van der Waals surface area contributed by atoms with Crippen molar-refractivity contribution < 1.29 is 81.0 Å². The normalized spacial score (nSPS) is 52.8. The number of aliphatic hydroxyl groups excluding tert-OH is 5. The van der Waals surface area contributed by atoms with Crippen molar-refractivity contribution in [3.05, 3.63) is 11.6 Å². The Kier molecular flexibility index (Phi) is 10.7. The topological polar surface area (TPSA) is 257 Å². The van der Waals surface area contributed by atoms with Crippen molar-refractivity contribution in [2.24, 2.45) is 33.5 Å². The average Bonchev–Trinajstić information content (AvgIpc) is 3.71. The first-order chi connectivity index (χ1) is 27.3. The van der Waals surface area contributed by atoms with Crippen molar-refractivity contribution in [1.82, 2.24) is 0 Å². The lowest BCUT2D eigenvalue weighted by molar-refractivity contribution is -0.364. The number of cyclic esters (lactones) is 1. The van der Waals surface area contributed by atoms with Gasteiger partial charge in [0.15, 0.2) is 18.2 Å². The van der Waals surface area contributed by atoms with Crippen LogP contribution in [0.5, 0.6) is 0 Å². The number of allylic oxidation sites excluding steroid dienone is 2. The lowest BCUT2D eigenvalue weighted by Crippen LogP contribution is -2.66. The maximum absolute atomic E-state index is 14.4. The first-order valence-corrected chi connectivity index (χ1v) is 22.6. The van der Waals surface area contributed by atoms with Crippen LogP contribution in [0.3, 0.4) is 0 Å². The van der Waals surface area contributed by atoms with Crippen molar-refractivity contribution in [3.8, 4) is 0 Å². The van der Waals surface area contributed by atoms with Crippen molar-refractivity contribution in [2.75, 3.05) is 13.2 Å². The van der Waals surface area contributed by atoms with Gasteiger partial charge in [0.05, 0.1) is 24.9 Å². The molecule has 8 rings (SSSR count). The second-order valence-corrected chi connectivity index (χ2v) is 21.6. The number of aliphatic hydroxyl groups is 6. The quantitative estimate of drug-likeness (QED) is 0.0789. The van der Waals surface area contributed by atoms with Crippen LogP contribution in [0, 0.1) is 33.5 Å². The minimum atomic E-state index is -5.06. The van der Waals surface area contributed by atoms with Gasteiger partial charge >= 0.3 is 16.4 Å². The Balaban J connectivity index is 1.05. The Hall–Kier alpha value is -1.36. The number of hydrogen-bond donors (Lipinski definition) is 7. The zero-order valence-corrected chi connectivity index (χ0v) is 35.8. The fourth-order valence-corrected chi connectivity index (χ4v) is 14.2. The Bertz CT molecular complexity index is 1800. The SMILES string of the molecule is CC1(C)CCC([C@]2(C)OC(=O)[C@]34CC=C5[C@@H](CC[C@H]6C(C)(C)[C@@H](O[C@@H]7OC[C@@H](OS(=O)(=O)O)[C@H](O)[C@H]7O[C@@H]7O[C@H](CO)[C@@H](O)[C@H](O)[C@H]7O)CC[C@]56C)[C@]3(C)CC[C@@]42O)O1. The number of hydrogen-bond acceptors (Lipinski definition) is 16. The highest BCUT2D eigenvalue weighted by molar-refractivity contribution is 7.80. The highest BCUT2D eigenvalue weighted by atomic mass is 32.3. The van der Waals surface area contributed by atoms with Gasteiger partial charge in [-0.05, 0) is 107 Å². The summed E-state index contributed by atoms with van der Waals surface area (Å²) in [4.78, 5) is 14.4. The van der Waals surface area contributed by atoms with Gasteiger partial charge in [-0.25, -0.2) is 4.18 Å². The predicted molar refractivity (Wildman–Crippen MR) is 203 cm³/mol. The Morgan fingerprint density at radius 2 is 1.56 bits per heavy atom. The molecule has 0 aromatic carbocycles. The van der Waals surface area contributed by atoms with E-state index >= 15 is 0 Å². The summed E-state index contributed by atoms with van der Waals surface area (Å²) < 4.78 is 74.4. The maximum atomic E-state index is 14.4. The van der Waals surface area contributed by atoms with Gasteiger partial charge in [-0.2, -0.15) is 8.42 Å². The van der Waals surface area contributed by atoms with Gasteiger partial charge in [0.25, 0.3) is 0 Å².